The summed E-state index contributed by atoms with van der Waals surface area (Å²) in [7, 11) is 3.18. The van der Waals surface area contributed by atoms with E-state index in [0.29, 0.717) is 19.4 Å². The van der Waals surface area contributed by atoms with Gasteiger partial charge in [-0.2, -0.15) is 0 Å². The highest BCUT2D eigenvalue weighted by molar-refractivity contribution is 8.06. The molecule has 3 aliphatic heterocycles. The van der Waals surface area contributed by atoms with E-state index < -0.39 is 11.3 Å². The van der Waals surface area contributed by atoms with Crippen LogP contribution in [0.4, 0.5) is 9.59 Å². The molecule has 3 saturated heterocycles. The Morgan fingerprint density at radius 1 is 0.789 bits per heavy atom. The molecule has 3 aliphatic rings. The van der Waals surface area contributed by atoms with Crippen LogP contribution in [-0.2, 0) is 18.9 Å². The zero-order valence-corrected chi connectivity index (χ0v) is 26.1. The summed E-state index contributed by atoms with van der Waals surface area (Å²) < 4.78 is 23.6. The van der Waals surface area contributed by atoms with Crippen LogP contribution < -0.4 is 0 Å². The highest BCUT2D eigenvalue weighted by Crippen LogP contribution is 2.56. The minimum atomic E-state index is -0.953. The van der Waals surface area contributed by atoms with E-state index in [-0.39, 0.29) is 55.1 Å². The summed E-state index contributed by atoms with van der Waals surface area (Å²) in [5.74, 6) is 1.82. The van der Waals surface area contributed by atoms with Crippen LogP contribution in [-0.4, -0.2) is 112 Å². The fourth-order valence-electron chi connectivity index (χ4n) is 6.16. The Hall–Kier alpha value is -0.920. The molecule has 0 aromatic rings. The van der Waals surface area contributed by atoms with Crippen LogP contribution >= 0.6 is 23.5 Å². The van der Waals surface area contributed by atoms with Crippen LogP contribution in [0.1, 0.15) is 67.2 Å². The van der Waals surface area contributed by atoms with E-state index in [1.165, 1.54) is 0 Å². The highest BCUT2D eigenvalue weighted by Gasteiger charge is 2.77. The lowest BCUT2D eigenvalue weighted by Crippen LogP contribution is -2.69. The van der Waals surface area contributed by atoms with Crippen molar-refractivity contribution in [2.45, 2.75) is 95.5 Å². The molecule has 10 nitrogen and oxygen atoms in total. The minimum Gasteiger partial charge on any atom is -0.364 e. The number of fused-ring (bicyclic) bond motifs is 1. The second kappa shape index (κ2) is 13.6. The second-order valence-corrected chi connectivity index (χ2v) is 13.2. The topological polar surface area (TPSA) is 84.0 Å². The molecule has 4 unspecified atom stereocenters. The summed E-state index contributed by atoms with van der Waals surface area (Å²) in [6, 6.07) is -0.289. The highest BCUT2D eigenvalue weighted by atomic mass is 32.2. The molecule has 0 saturated carbocycles. The van der Waals surface area contributed by atoms with Gasteiger partial charge in [-0.3, -0.25) is 19.6 Å². The summed E-state index contributed by atoms with van der Waals surface area (Å²) in [4.78, 5) is 35.6. The second-order valence-electron chi connectivity index (χ2n) is 10.8. The summed E-state index contributed by atoms with van der Waals surface area (Å²) in [6.45, 7) is 13.3. The number of thioether (sulfide) groups is 2. The van der Waals surface area contributed by atoms with Gasteiger partial charge in [-0.05, 0) is 32.6 Å². The van der Waals surface area contributed by atoms with E-state index in [2.05, 4.69) is 27.7 Å². The van der Waals surface area contributed by atoms with Crippen LogP contribution in [0.15, 0.2) is 0 Å². The molecule has 0 aromatic heterocycles. The number of amides is 4. The van der Waals surface area contributed by atoms with E-state index in [9.17, 15) is 9.59 Å². The van der Waals surface area contributed by atoms with Crippen molar-refractivity contribution in [3.8, 4) is 0 Å². The number of carbonyl (C=O) groups is 2. The monoisotopic (exact) mass is 576 g/mol. The van der Waals surface area contributed by atoms with Gasteiger partial charge in [0.1, 0.15) is 31.1 Å². The van der Waals surface area contributed by atoms with Crippen molar-refractivity contribution < 1.29 is 28.5 Å². The van der Waals surface area contributed by atoms with E-state index in [1.54, 1.807) is 47.5 Å². The number of nitrogens with zero attached hydrogens (tertiary/aromatic N) is 4. The largest absolute Gasteiger partial charge is 0.364 e. The molecule has 3 fully saturated rings. The molecule has 4 atom stereocenters. The molecule has 0 radical (unpaired) electrons. The lowest BCUT2D eigenvalue weighted by Gasteiger charge is -2.50. The van der Waals surface area contributed by atoms with Crippen molar-refractivity contribution in [2.75, 3.05) is 52.5 Å². The molecule has 12 heteroatoms. The third-order valence-electron chi connectivity index (χ3n) is 7.26. The number of rotatable bonds is 15. The minimum absolute atomic E-state index is 0.0683. The Morgan fingerprint density at radius 3 is 1.71 bits per heavy atom. The summed E-state index contributed by atoms with van der Waals surface area (Å²) in [5, 5.41) is 0. The molecular weight excluding hydrogens is 528 g/mol. The van der Waals surface area contributed by atoms with Crippen molar-refractivity contribution in [2.24, 2.45) is 5.92 Å². The van der Waals surface area contributed by atoms with Gasteiger partial charge in [0.15, 0.2) is 11.3 Å². The molecule has 3 rings (SSSR count). The first-order chi connectivity index (χ1) is 18.1. The van der Waals surface area contributed by atoms with Gasteiger partial charge in [-0.25, -0.2) is 9.59 Å². The number of carbonyl (C=O) groups excluding carboxylic acids is 2. The van der Waals surface area contributed by atoms with Crippen molar-refractivity contribution in [3.63, 3.8) is 0 Å². The predicted molar refractivity (Wildman–Crippen MR) is 152 cm³/mol. The first-order valence-corrected chi connectivity index (χ1v) is 15.9. The molecule has 4 amide bonds. The van der Waals surface area contributed by atoms with E-state index in [1.807, 2.05) is 23.6 Å². The van der Waals surface area contributed by atoms with Crippen molar-refractivity contribution in [1.29, 1.82) is 0 Å². The van der Waals surface area contributed by atoms with Gasteiger partial charge in [0.05, 0.1) is 6.10 Å². The van der Waals surface area contributed by atoms with Crippen LogP contribution in [0, 0.1) is 5.92 Å². The maximum Gasteiger partial charge on any atom is 0.327 e. The Labute approximate surface area is 237 Å². The third-order valence-corrected chi connectivity index (χ3v) is 10.00. The van der Waals surface area contributed by atoms with Gasteiger partial charge in [0.2, 0.25) is 0 Å². The van der Waals surface area contributed by atoms with E-state index in [0.717, 1.165) is 24.3 Å². The van der Waals surface area contributed by atoms with Crippen LogP contribution in [0.2, 0.25) is 0 Å². The summed E-state index contributed by atoms with van der Waals surface area (Å²) in [6.07, 6.45) is 2.98. The fourth-order valence-corrected chi connectivity index (χ4v) is 8.78. The Kier molecular flexibility index (Phi) is 11.3. The lowest BCUT2D eigenvalue weighted by molar-refractivity contribution is -0.133. The number of methoxy groups -OCH3 is 2. The van der Waals surface area contributed by atoms with Gasteiger partial charge in [-0.15, -0.1) is 23.5 Å². The van der Waals surface area contributed by atoms with E-state index in [4.69, 9.17) is 18.9 Å². The quantitative estimate of drug-likeness (QED) is 0.274. The maximum absolute atomic E-state index is 14.4. The van der Waals surface area contributed by atoms with Crippen LogP contribution in [0.5, 0.6) is 0 Å². The van der Waals surface area contributed by atoms with Gasteiger partial charge in [-0.1, -0.05) is 40.5 Å². The fraction of sp³-hybridized carbons (Fsp3) is 0.923. The molecule has 3 heterocycles. The smallest absolute Gasteiger partial charge is 0.327 e. The lowest BCUT2D eigenvalue weighted by atomic mass is 9.83. The molecule has 0 spiro atoms. The molecule has 0 N–H and O–H groups in total. The summed E-state index contributed by atoms with van der Waals surface area (Å²) >= 11 is 3.47. The molecule has 0 bridgehead atoms. The predicted octanol–water partition coefficient (Wildman–Crippen LogP) is 4.85. The van der Waals surface area contributed by atoms with Crippen molar-refractivity contribution in [1.82, 2.24) is 19.6 Å². The van der Waals surface area contributed by atoms with Gasteiger partial charge in [0, 0.05) is 32.3 Å². The van der Waals surface area contributed by atoms with Crippen LogP contribution in [0.3, 0.4) is 0 Å². The van der Waals surface area contributed by atoms with E-state index >= 15 is 0 Å². The zero-order valence-electron chi connectivity index (χ0n) is 24.4. The first-order valence-electron chi connectivity index (χ1n) is 13.8. The first kappa shape index (κ1) is 31.6. The van der Waals surface area contributed by atoms with Gasteiger partial charge in [0.25, 0.3) is 0 Å². The molecular formula is C26H48N4O6S2. The molecule has 0 aliphatic carbocycles. The number of ether oxygens (including phenoxy) is 4. The Bertz CT molecular complexity index is 800. The summed E-state index contributed by atoms with van der Waals surface area (Å²) in [5.41, 5.74) is -1.78. The molecule has 38 heavy (non-hydrogen) atoms. The average Bonchev–Trinajstić information content (AvgIpc) is 3.16. The SMILES string of the molecule is CCCC12N(COC)C(=O)N(COC)C1(CCC)N(CC(C)C)C(=O)N2COC1CSC(OC(C)C)CS1. The number of hydrogen-bond acceptors (Lipinski definition) is 8. The number of urea groups is 2. The maximum atomic E-state index is 14.4. The Balaban J connectivity index is 2.02. The van der Waals surface area contributed by atoms with Gasteiger partial charge < -0.3 is 18.9 Å². The van der Waals surface area contributed by atoms with Crippen molar-refractivity contribution >= 4 is 35.6 Å². The number of hydrogen-bond donors (Lipinski definition) is 0. The standard InChI is InChI=1S/C26H48N4O6S2/c1-9-11-25-26(12-10-2,29(17-34-8)24(32)28(25)16-33-7)30(23(31)27(25)13-19(3)4)18-35-21-14-38-22(15-37-21)36-20(5)6/h19-22H,9-18H2,1-8H3. The van der Waals surface area contributed by atoms with Crippen molar-refractivity contribution in [3.05, 3.63) is 0 Å². The van der Waals surface area contributed by atoms with Gasteiger partial charge >= 0.3 is 12.1 Å². The zero-order chi connectivity index (χ0) is 28.1. The normalized spacial score (nSPS) is 29.9. The van der Waals surface area contributed by atoms with Crippen LogP contribution in [0.25, 0.3) is 0 Å². The molecule has 220 valence electrons. The third kappa shape index (κ3) is 5.63. The average molecular weight is 577 g/mol. The molecule has 0 aromatic carbocycles. The Morgan fingerprint density at radius 2 is 1.26 bits per heavy atom.